The van der Waals surface area contributed by atoms with Gasteiger partial charge in [-0.05, 0) is 71.8 Å². The van der Waals surface area contributed by atoms with Crippen molar-refractivity contribution >= 4 is 17.5 Å². The van der Waals surface area contributed by atoms with E-state index in [0.29, 0.717) is 18.2 Å². The van der Waals surface area contributed by atoms with Gasteiger partial charge >= 0.3 is 12.4 Å². The van der Waals surface area contributed by atoms with Gasteiger partial charge in [0, 0.05) is 18.2 Å². The molecule has 3 aromatic carbocycles. The summed E-state index contributed by atoms with van der Waals surface area (Å²) < 4.78 is 123. The van der Waals surface area contributed by atoms with Crippen LogP contribution in [0.5, 0.6) is 0 Å². The van der Waals surface area contributed by atoms with Crippen LogP contribution in [0.4, 0.5) is 39.5 Å². The first-order valence-corrected chi connectivity index (χ1v) is 11.9. The maximum atomic E-state index is 14.7. The summed E-state index contributed by atoms with van der Waals surface area (Å²) in [4.78, 5) is 17.6. The summed E-state index contributed by atoms with van der Waals surface area (Å²) in [6, 6.07) is 9.89. The zero-order valence-corrected chi connectivity index (χ0v) is 21.1. The molecule has 1 unspecified atom stereocenters. The van der Waals surface area contributed by atoms with Crippen molar-refractivity contribution in [2.45, 2.75) is 24.3 Å². The molecule has 0 aliphatic carbocycles. The zero-order chi connectivity index (χ0) is 30.2. The monoisotopic (exact) mass is 602 g/mol. The van der Waals surface area contributed by atoms with Crippen molar-refractivity contribution in [2.24, 2.45) is 0 Å². The number of benzene rings is 3. The lowest BCUT2D eigenvalue weighted by atomic mass is 9.79. The maximum absolute atomic E-state index is 14.7. The Morgan fingerprint density at radius 2 is 1.41 bits per heavy atom. The van der Waals surface area contributed by atoms with E-state index in [9.17, 15) is 44.3 Å². The van der Waals surface area contributed by atoms with Crippen molar-refractivity contribution in [2.75, 3.05) is 0 Å². The highest BCUT2D eigenvalue weighted by atomic mass is 35.5. The quantitative estimate of drug-likeness (QED) is 0.227. The lowest BCUT2D eigenvalue weighted by molar-refractivity contribution is -0.140. The number of nitrogens with one attached hydrogen (secondary N) is 1. The number of rotatable bonds is 6. The molecule has 41 heavy (non-hydrogen) atoms. The first-order chi connectivity index (χ1) is 19.1. The summed E-state index contributed by atoms with van der Waals surface area (Å²) in [6.45, 7) is 0. The van der Waals surface area contributed by atoms with E-state index < -0.39 is 69.9 Å². The molecule has 0 spiro atoms. The molecule has 0 radical (unpaired) electrons. The van der Waals surface area contributed by atoms with Crippen molar-refractivity contribution in [1.82, 2.24) is 10.3 Å². The third-order valence-electron chi connectivity index (χ3n) is 6.13. The van der Waals surface area contributed by atoms with Gasteiger partial charge in [-0.15, -0.1) is 0 Å². The van der Waals surface area contributed by atoms with Crippen molar-refractivity contribution in [1.29, 1.82) is 0 Å². The number of carbonyl (C=O) groups excluding carboxylic acids is 1. The Morgan fingerprint density at radius 1 is 0.756 bits per heavy atom. The molecule has 0 saturated heterocycles. The minimum absolute atomic E-state index is 0.0827. The van der Waals surface area contributed by atoms with Crippen LogP contribution < -0.4 is 5.32 Å². The third-order valence-corrected chi connectivity index (χ3v) is 6.35. The molecule has 0 aliphatic rings. The van der Waals surface area contributed by atoms with Gasteiger partial charge in [0.05, 0.1) is 21.8 Å². The summed E-state index contributed by atoms with van der Waals surface area (Å²) in [7, 11) is 0. The Kier molecular flexibility index (Phi) is 8.08. The van der Waals surface area contributed by atoms with Crippen LogP contribution in [0.2, 0.25) is 5.02 Å². The predicted octanol–water partition coefficient (Wildman–Crippen LogP) is 8.11. The lowest BCUT2D eigenvalue weighted by Gasteiger charge is -2.36. The smallest absolute Gasteiger partial charge is 0.337 e. The van der Waals surface area contributed by atoms with E-state index in [-0.39, 0.29) is 28.4 Å². The predicted molar refractivity (Wildman–Crippen MR) is 130 cm³/mol. The summed E-state index contributed by atoms with van der Waals surface area (Å²) >= 11 is 5.93. The molecular formula is C28H16ClF9N2O. The summed E-state index contributed by atoms with van der Waals surface area (Å²) in [5.41, 5.74) is -6.54. The number of pyridine rings is 1. The topological polar surface area (TPSA) is 42.0 Å². The number of amides is 1. The van der Waals surface area contributed by atoms with Crippen molar-refractivity contribution in [3.63, 3.8) is 0 Å². The molecule has 13 heteroatoms. The van der Waals surface area contributed by atoms with E-state index in [4.69, 9.17) is 11.6 Å². The molecule has 1 atom stereocenters. The van der Waals surface area contributed by atoms with E-state index in [2.05, 4.69) is 10.3 Å². The molecule has 1 aromatic heterocycles. The van der Waals surface area contributed by atoms with Crippen LogP contribution in [0, 0.1) is 17.5 Å². The minimum atomic E-state index is -5.17. The Hall–Kier alpha value is -4.06. The number of carbonyl (C=O) groups is 1. The van der Waals surface area contributed by atoms with Crippen LogP contribution in [0.15, 0.2) is 79.0 Å². The van der Waals surface area contributed by atoms with Crippen molar-refractivity contribution in [3.05, 3.63) is 135 Å². The summed E-state index contributed by atoms with van der Waals surface area (Å²) in [5, 5.41) is 2.49. The van der Waals surface area contributed by atoms with Gasteiger partial charge in [0.2, 0.25) is 0 Å². The molecule has 4 rings (SSSR count). The van der Waals surface area contributed by atoms with Crippen LogP contribution in [0.25, 0.3) is 0 Å². The van der Waals surface area contributed by atoms with Crippen LogP contribution in [0.3, 0.4) is 0 Å². The number of hydrogen-bond donors (Lipinski definition) is 1. The Labute approximate surface area is 231 Å². The zero-order valence-electron chi connectivity index (χ0n) is 20.3. The van der Waals surface area contributed by atoms with Crippen molar-refractivity contribution in [3.8, 4) is 0 Å². The lowest BCUT2D eigenvalue weighted by Crippen LogP contribution is -2.49. The van der Waals surface area contributed by atoms with E-state index >= 15 is 0 Å². The standard InChI is InChI=1S/C28H16ClF9N2O/c29-19-4-8-24(39-14-19)26(13-15-1-5-20(30)6-2-15,17-10-18(27(33,34)35)12-21(31)11-17)40-25(41)16-3-7-23(32)22(9-16)28(36,37)38/h1-12,14H,13H2,(H,40,41). The largest absolute Gasteiger partial charge is 0.419 e. The molecular weight excluding hydrogens is 587 g/mol. The van der Waals surface area contributed by atoms with Gasteiger partial charge in [-0.25, -0.2) is 13.2 Å². The number of hydrogen-bond acceptors (Lipinski definition) is 2. The molecule has 0 saturated carbocycles. The second-order valence-corrected chi connectivity index (χ2v) is 9.38. The normalized spacial score (nSPS) is 13.5. The molecule has 0 fully saturated rings. The second kappa shape index (κ2) is 11.1. The van der Waals surface area contributed by atoms with Crippen LogP contribution >= 0.6 is 11.6 Å². The highest BCUT2D eigenvalue weighted by molar-refractivity contribution is 6.30. The van der Waals surface area contributed by atoms with Crippen LogP contribution in [-0.4, -0.2) is 10.9 Å². The molecule has 3 nitrogen and oxygen atoms in total. The number of alkyl halides is 6. The minimum Gasteiger partial charge on any atom is -0.337 e. The Morgan fingerprint density at radius 3 is 2.00 bits per heavy atom. The fourth-order valence-electron chi connectivity index (χ4n) is 4.21. The number of halogens is 10. The van der Waals surface area contributed by atoms with E-state index in [1.54, 1.807) is 0 Å². The third kappa shape index (κ3) is 6.64. The maximum Gasteiger partial charge on any atom is 0.419 e. The molecule has 1 N–H and O–H groups in total. The Bertz CT molecular complexity index is 1570. The highest BCUT2D eigenvalue weighted by Gasteiger charge is 2.42. The number of aromatic nitrogens is 1. The first kappa shape index (κ1) is 29.9. The van der Waals surface area contributed by atoms with Gasteiger partial charge in [0.1, 0.15) is 23.0 Å². The van der Waals surface area contributed by atoms with E-state index in [0.717, 1.165) is 24.4 Å². The van der Waals surface area contributed by atoms with Gasteiger partial charge in [-0.3, -0.25) is 9.78 Å². The molecule has 214 valence electrons. The van der Waals surface area contributed by atoms with Gasteiger partial charge in [-0.2, -0.15) is 26.3 Å². The molecule has 0 aliphatic heterocycles. The molecule has 1 amide bonds. The SMILES string of the molecule is O=C(NC(Cc1ccc(F)cc1)(c1cc(F)cc(C(F)(F)F)c1)c1ccc(Cl)cn1)c1ccc(F)c(C(F)(F)F)c1. The van der Waals surface area contributed by atoms with Gasteiger partial charge in [0.25, 0.3) is 5.91 Å². The van der Waals surface area contributed by atoms with E-state index in [1.165, 1.54) is 24.3 Å². The molecule has 0 bridgehead atoms. The highest BCUT2D eigenvalue weighted by Crippen LogP contribution is 2.39. The fraction of sp³-hybridized carbons (Fsp3) is 0.143. The number of nitrogens with zero attached hydrogens (tertiary/aromatic N) is 1. The average Bonchev–Trinajstić information content (AvgIpc) is 2.88. The van der Waals surface area contributed by atoms with Gasteiger partial charge in [0.15, 0.2) is 0 Å². The second-order valence-electron chi connectivity index (χ2n) is 8.94. The average molecular weight is 603 g/mol. The van der Waals surface area contributed by atoms with Gasteiger partial charge < -0.3 is 5.32 Å². The van der Waals surface area contributed by atoms with Crippen LogP contribution in [-0.2, 0) is 24.3 Å². The Balaban J connectivity index is 1.98. The van der Waals surface area contributed by atoms with E-state index in [1.807, 2.05) is 0 Å². The molecule has 4 aromatic rings. The van der Waals surface area contributed by atoms with Crippen molar-refractivity contribution < 1.29 is 44.3 Å². The van der Waals surface area contributed by atoms with Gasteiger partial charge in [-0.1, -0.05) is 23.7 Å². The summed E-state index contributed by atoms with van der Waals surface area (Å²) in [5.74, 6) is -4.95. The fourth-order valence-corrected chi connectivity index (χ4v) is 4.32. The molecule has 1 heterocycles. The summed E-state index contributed by atoms with van der Waals surface area (Å²) in [6.07, 6.45) is -9.59. The first-order valence-electron chi connectivity index (χ1n) is 11.5. The van der Waals surface area contributed by atoms with Crippen LogP contribution in [0.1, 0.15) is 38.3 Å².